The van der Waals surface area contributed by atoms with Gasteiger partial charge in [0.2, 0.25) is 0 Å². The summed E-state index contributed by atoms with van der Waals surface area (Å²) in [6, 6.07) is 58.6. The minimum atomic E-state index is -0.662. The van der Waals surface area contributed by atoms with E-state index in [1.54, 1.807) is 12.1 Å². The molecule has 1 aliphatic carbocycles. The first kappa shape index (κ1) is 28.9. The second-order valence-electron chi connectivity index (χ2n) is 11.8. The molecule has 0 radical (unpaired) electrons. The van der Waals surface area contributed by atoms with E-state index < -0.39 is 5.41 Å². The molecular weight excluding hydrogens is 642 g/mol. The summed E-state index contributed by atoms with van der Waals surface area (Å²) in [5.41, 5.74) is 12.2. The Balaban J connectivity index is 1.46. The lowest BCUT2D eigenvalue weighted by atomic mass is 9.67. The minimum absolute atomic E-state index is 0.0804. The number of nitro benzene ring substituents is 1. The fourth-order valence-corrected chi connectivity index (χ4v) is 7.83. The van der Waals surface area contributed by atoms with Crippen LogP contribution in [0.3, 0.4) is 0 Å². The molecule has 7 aromatic rings. The topological polar surface area (TPSA) is 43.1 Å². The van der Waals surface area contributed by atoms with Gasteiger partial charge in [0, 0.05) is 16.1 Å². The molecule has 0 aliphatic heterocycles. The highest BCUT2D eigenvalue weighted by atomic mass is 79.9. The second kappa shape index (κ2) is 11.7. The van der Waals surface area contributed by atoms with Gasteiger partial charge in [-0.05, 0) is 86.0 Å². The SMILES string of the molecule is O=[N+]([O-])c1ccccc1-c1cc2c(cc1Br)C(c1cccc(-c3ccccc3)c1)(c1cccc(-c3ccccc3)c1)c1ccccc1-2. The Kier molecular flexibility index (Phi) is 7.16. The Morgan fingerprint density at radius 2 is 0.957 bits per heavy atom. The number of hydrogen-bond donors (Lipinski definition) is 0. The minimum Gasteiger partial charge on any atom is -0.258 e. The molecule has 8 rings (SSSR count). The lowest BCUT2D eigenvalue weighted by molar-refractivity contribution is -0.384. The summed E-state index contributed by atoms with van der Waals surface area (Å²) in [6.07, 6.45) is 0. The first-order valence-corrected chi connectivity index (χ1v) is 16.3. The summed E-state index contributed by atoms with van der Waals surface area (Å²) in [6.45, 7) is 0. The van der Waals surface area contributed by atoms with Gasteiger partial charge < -0.3 is 0 Å². The fraction of sp³-hybridized carbons (Fsp3) is 0.0233. The summed E-state index contributed by atoms with van der Waals surface area (Å²) in [4.78, 5) is 11.8. The van der Waals surface area contributed by atoms with Crippen LogP contribution in [0, 0.1) is 10.1 Å². The van der Waals surface area contributed by atoms with Crippen molar-refractivity contribution in [2.24, 2.45) is 0 Å². The van der Waals surface area contributed by atoms with Crippen molar-refractivity contribution in [3.05, 3.63) is 207 Å². The van der Waals surface area contributed by atoms with E-state index in [1.165, 1.54) is 5.56 Å². The number of hydrogen-bond acceptors (Lipinski definition) is 2. The van der Waals surface area contributed by atoms with Gasteiger partial charge in [-0.1, -0.05) is 149 Å². The highest BCUT2D eigenvalue weighted by Crippen LogP contribution is 2.58. The lowest BCUT2D eigenvalue weighted by Crippen LogP contribution is -2.28. The van der Waals surface area contributed by atoms with Crippen LogP contribution in [-0.4, -0.2) is 4.92 Å². The molecule has 4 heteroatoms. The maximum absolute atomic E-state index is 12.1. The number of benzene rings is 7. The summed E-state index contributed by atoms with van der Waals surface area (Å²) in [5, 5.41) is 12.1. The Bertz CT molecular complexity index is 2210. The van der Waals surface area contributed by atoms with Crippen LogP contribution in [0.5, 0.6) is 0 Å². The van der Waals surface area contributed by atoms with Crippen LogP contribution in [0.1, 0.15) is 22.3 Å². The molecule has 0 saturated carbocycles. The van der Waals surface area contributed by atoms with Gasteiger partial charge in [-0.3, -0.25) is 10.1 Å². The molecule has 1 aliphatic rings. The average Bonchev–Trinajstić information content (AvgIpc) is 3.42. The number of fused-ring (bicyclic) bond motifs is 3. The third kappa shape index (κ3) is 4.72. The third-order valence-electron chi connectivity index (χ3n) is 9.33. The third-order valence-corrected chi connectivity index (χ3v) is 9.98. The second-order valence-corrected chi connectivity index (χ2v) is 12.7. The Morgan fingerprint density at radius 1 is 0.447 bits per heavy atom. The monoisotopic (exact) mass is 669 g/mol. The predicted molar refractivity (Wildman–Crippen MR) is 194 cm³/mol. The molecule has 0 fully saturated rings. The van der Waals surface area contributed by atoms with Gasteiger partial charge in [-0.2, -0.15) is 0 Å². The lowest BCUT2D eigenvalue weighted by Gasteiger charge is -2.35. The molecular formula is C43H28BrNO2. The highest BCUT2D eigenvalue weighted by Gasteiger charge is 2.47. The van der Waals surface area contributed by atoms with Gasteiger partial charge >= 0.3 is 0 Å². The molecule has 0 saturated heterocycles. The van der Waals surface area contributed by atoms with Crippen LogP contribution < -0.4 is 0 Å². The van der Waals surface area contributed by atoms with Crippen LogP contribution in [0.2, 0.25) is 0 Å². The molecule has 0 aromatic heterocycles. The normalized spacial score (nSPS) is 12.7. The van der Waals surface area contributed by atoms with Crippen molar-refractivity contribution in [3.8, 4) is 44.5 Å². The molecule has 7 aromatic carbocycles. The Labute approximate surface area is 282 Å². The van der Waals surface area contributed by atoms with Crippen molar-refractivity contribution in [3.63, 3.8) is 0 Å². The Morgan fingerprint density at radius 3 is 1.55 bits per heavy atom. The van der Waals surface area contributed by atoms with E-state index in [1.807, 2.05) is 24.3 Å². The molecule has 0 heterocycles. The van der Waals surface area contributed by atoms with Gasteiger partial charge in [0.05, 0.1) is 15.9 Å². The molecule has 224 valence electrons. The molecule has 0 amide bonds. The van der Waals surface area contributed by atoms with Crippen LogP contribution in [0.15, 0.2) is 174 Å². The largest absolute Gasteiger partial charge is 0.277 e. The fourth-order valence-electron chi connectivity index (χ4n) is 7.28. The number of nitro groups is 1. The number of para-hydroxylation sites is 1. The zero-order valence-electron chi connectivity index (χ0n) is 25.3. The van der Waals surface area contributed by atoms with E-state index in [2.05, 4.69) is 149 Å². The highest BCUT2D eigenvalue weighted by molar-refractivity contribution is 9.10. The predicted octanol–water partition coefficient (Wildman–Crippen LogP) is 11.7. The van der Waals surface area contributed by atoms with Crippen molar-refractivity contribution < 1.29 is 4.92 Å². The average molecular weight is 671 g/mol. The van der Waals surface area contributed by atoms with E-state index in [9.17, 15) is 10.1 Å². The summed E-state index contributed by atoms with van der Waals surface area (Å²) < 4.78 is 0.807. The van der Waals surface area contributed by atoms with Gasteiger partial charge in [-0.15, -0.1) is 0 Å². The van der Waals surface area contributed by atoms with Gasteiger partial charge in [-0.25, -0.2) is 0 Å². The van der Waals surface area contributed by atoms with Crippen molar-refractivity contribution in [1.29, 1.82) is 0 Å². The van der Waals surface area contributed by atoms with Crippen molar-refractivity contribution >= 4 is 21.6 Å². The number of halogens is 1. The standard InChI is InChI=1S/C43H28BrNO2/c44-41-28-40-37(27-38(41)36-22-8-10-24-42(36)45(46)47)35-21-7-9-23-39(35)43(40,33-19-11-17-31(25-33)29-13-3-1-4-14-29)34-20-12-18-32(26-34)30-15-5-2-6-16-30/h1-28H. The van der Waals surface area contributed by atoms with Crippen molar-refractivity contribution in [1.82, 2.24) is 0 Å². The first-order valence-electron chi connectivity index (χ1n) is 15.6. The maximum atomic E-state index is 12.1. The van der Waals surface area contributed by atoms with Crippen molar-refractivity contribution in [2.45, 2.75) is 5.41 Å². The molecule has 0 unspecified atom stereocenters. The molecule has 3 nitrogen and oxygen atoms in total. The van der Waals surface area contributed by atoms with Gasteiger partial charge in [0.15, 0.2) is 0 Å². The number of rotatable bonds is 6. The van der Waals surface area contributed by atoms with Crippen LogP contribution >= 0.6 is 15.9 Å². The van der Waals surface area contributed by atoms with E-state index in [4.69, 9.17) is 0 Å². The zero-order chi connectivity index (χ0) is 32.0. The molecule has 47 heavy (non-hydrogen) atoms. The molecule has 0 N–H and O–H groups in total. The smallest absolute Gasteiger partial charge is 0.258 e. The molecule has 0 atom stereocenters. The van der Waals surface area contributed by atoms with Gasteiger partial charge in [0.1, 0.15) is 0 Å². The summed E-state index contributed by atoms with van der Waals surface area (Å²) in [5.74, 6) is 0. The van der Waals surface area contributed by atoms with Crippen LogP contribution in [0.4, 0.5) is 5.69 Å². The van der Waals surface area contributed by atoms with Gasteiger partial charge in [0.25, 0.3) is 5.69 Å². The van der Waals surface area contributed by atoms with Crippen molar-refractivity contribution in [2.75, 3.05) is 0 Å². The first-order chi connectivity index (χ1) is 23.1. The van der Waals surface area contributed by atoms with Crippen LogP contribution in [0.25, 0.3) is 44.5 Å². The van der Waals surface area contributed by atoms with E-state index in [0.717, 1.165) is 60.1 Å². The Hall–Kier alpha value is -5.58. The summed E-state index contributed by atoms with van der Waals surface area (Å²) in [7, 11) is 0. The quantitative estimate of drug-likeness (QED) is 0.131. The maximum Gasteiger partial charge on any atom is 0.277 e. The summed E-state index contributed by atoms with van der Waals surface area (Å²) >= 11 is 3.89. The van der Waals surface area contributed by atoms with E-state index in [-0.39, 0.29) is 10.6 Å². The van der Waals surface area contributed by atoms with Crippen LogP contribution in [-0.2, 0) is 5.41 Å². The molecule has 0 spiro atoms. The van der Waals surface area contributed by atoms with E-state index >= 15 is 0 Å². The zero-order valence-corrected chi connectivity index (χ0v) is 26.9. The molecule has 0 bridgehead atoms. The number of nitrogens with zero attached hydrogens (tertiary/aromatic N) is 1. The van der Waals surface area contributed by atoms with E-state index in [0.29, 0.717) is 5.56 Å².